The highest BCUT2D eigenvalue weighted by Crippen LogP contribution is 2.25. The van der Waals surface area contributed by atoms with Gasteiger partial charge in [0.2, 0.25) is 5.12 Å². The Kier molecular flexibility index (Phi) is 66.1. The van der Waals surface area contributed by atoms with Crippen LogP contribution in [0.1, 0.15) is 259 Å². The summed E-state index contributed by atoms with van der Waals surface area (Å²) in [7, 11) is 0. The molecule has 0 aromatic carbocycles. The van der Waals surface area contributed by atoms with Gasteiger partial charge < -0.3 is 9.47 Å². The van der Waals surface area contributed by atoms with E-state index in [1.165, 1.54) is 198 Å². The lowest BCUT2D eigenvalue weighted by molar-refractivity contribution is -0.144. The van der Waals surface area contributed by atoms with Crippen LogP contribution in [-0.2, 0) is 28.7 Å². The molecule has 6 nitrogen and oxygen atoms in total. The van der Waals surface area contributed by atoms with Gasteiger partial charge in [-0.15, -0.1) is 0 Å². The van der Waals surface area contributed by atoms with Crippen molar-refractivity contribution in [3.8, 4) is 0 Å². The summed E-state index contributed by atoms with van der Waals surface area (Å²) in [6.45, 7) is 9.70. The van der Waals surface area contributed by atoms with Crippen molar-refractivity contribution in [3.63, 3.8) is 0 Å². The van der Waals surface area contributed by atoms with E-state index in [1.807, 2.05) is 30.8 Å². The molecule has 0 amide bonds. The smallest absolute Gasteiger partial charge is 0.306 e. The van der Waals surface area contributed by atoms with Gasteiger partial charge in [-0.2, -0.15) is 36.2 Å². The summed E-state index contributed by atoms with van der Waals surface area (Å²) in [6.07, 6.45) is 58.0. The zero-order chi connectivity index (χ0) is 50.8. The monoisotopic (exact) mass is 1050 g/mol. The Morgan fingerprint density at radius 1 is 0.485 bits per heavy atom. The molecule has 2 unspecified atom stereocenters. The summed E-state index contributed by atoms with van der Waals surface area (Å²) in [5.41, 5.74) is 0. The van der Waals surface area contributed by atoms with Crippen molar-refractivity contribution < 1.29 is 28.7 Å². The summed E-state index contributed by atoms with van der Waals surface area (Å²) in [4.78, 5) is 47.3. The minimum absolute atomic E-state index is 0.0243. The summed E-state index contributed by atoms with van der Waals surface area (Å²) in [6, 6.07) is 0. The van der Waals surface area contributed by atoms with E-state index < -0.39 is 0 Å². The van der Waals surface area contributed by atoms with Crippen LogP contribution < -0.4 is 0 Å². The molecule has 0 aromatic heterocycles. The lowest BCUT2D eigenvalue weighted by Gasteiger charge is -2.16. The van der Waals surface area contributed by atoms with Gasteiger partial charge in [0.25, 0.3) is 0 Å². The number of carbonyl (C=O) groups excluding carboxylic acids is 4. The van der Waals surface area contributed by atoms with Gasteiger partial charge in [0.15, 0.2) is 5.12 Å². The number of esters is 2. The Hall–Kier alpha value is -0.490. The van der Waals surface area contributed by atoms with Crippen LogP contribution in [0.4, 0.5) is 0 Å². The molecule has 68 heavy (non-hydrogen) atoms. The van der Waals surface area contributed by atoms with Crippen molar-refractivity contribution in [1.82, 2.24) is 0 Å². The van der Waals surface area contributed by atoms with E-state index >= 15 is 0 Å². The van der Waals surface area contributed by atoms with E-state index in [1.54, 1.807) is 24.1 Å². The van der Waals surface area contributed by atoms with E-state index in [2.05, 4.69) is 45.9 Å². The Morgan fingerprint density at radius 2 is 0.824 bits per heavy atom. The lowest BCUT2D eigenvalue weighted by Crippen LogP contribution is -2.14. The largest absolute Gasteiger partial charge is 0.466 e. The van der Waals surface area contributed by atoms with Crippen molar-refractivity contribution in [3.05, 3.63) is 24.3 Å². The third kappa shape index (κ3) is 61.6. The molecule has 0 rings (SSSR count). The highest BCUT2D eigenvalue weighted by Gasteiger charge is 2.17. The fourth-order valence-electron chi connectivity index (χ4n) is 7.57. The molecule has 0 heterocycles. The predicted octanol–water partition coefficient (Wildman–Crippen LogP) is 18.8. The number of rotatable bonds is 48. The maximum atomic E-state index is 12.2. The number of ether oxygens (including phenoxy) is 2. The maximum Gasteiger partial charge on any atom is 0.306 e. The molecule has 11 heteroatoms. The summed E-state index contributed by atoms with van der Waals surface area (Å²) in [5, 5.41) is 1.12. The quantitative estimate of drug-likeness (QED) is 0.0209. The van der Waals surface area contributed by atoms with Gasteiger partial charge in [0.05, 0.1) is 26.1 Å². The maximum absolute atomic E-state index is 12.2. The van der Waals surface area contributed by atoms with Crippen LogP contribution in [0.15, 0.2) is 24.3 Å². The Bertz CT molecular complexity index is 1140. The number of allylic oxidation sites excluding steroid dienone is 3. The molecule has 0 radical (unpaired) electrons. The third-order valence-corrected chi connectivity index (χ3v) is 15.7. The molecule has 0 spiro atoms. The fourth-order valence-corrected chi connectivity index (χ4v) is 10.5. The molecular weight excluding hydrogens is 941 g/mol. The minimum Gasteiger partial charge on any atom is -0.466 e. The Morgan fingerprint density at radius 3 is 1.15 bits per heavy atom. The van der Waals surface area contributed by atoms with Gasteiger partial charge in [0, 0.05) is 28.4 Å². The number of carbonyl (C=O) groups is 4. The highest BCUT2D eigenvalue weighted by atomic mass is 32.2. The predicted molar refractivity (Wildman–Crippen MR) is 314 cm³/mol. The first kappa shape index (κ1) is 71.8. The molecule has 0 aromatic rings. The SMILES string of the molecule is C/C=C/C=C/C(=O)SCCC(=O)OCCCCCCCCCCCCCCCCCC.CCCCCCCCCCCCCCCCCCOC(=O)CCSC(=O)CC(CC(C)SC)SC.CS. The number of unbranched alkanes of at least 4 members (excludes halogenated alkanes) is 30. The fraction of sp³-hybridized carbons (Fsp3) is 0.860. The van der Waals surface area contributed by atoms with Gasteiger partial charge in [0.1, 0.15) is 0 Å². The minimum atomic E-state index is -0.196. The van der Waals surface area contributed by atoms with E-state index in [0.717, 1.165) is 43.9 Å². The van der Waals surface area contributed by atoms with Gasteiger partial charge in [-0.3, -0.25) is 19.2 Å². The molecule has 0 aliphatic heterocycles. The van der Waals surface area contributed by atoms with Crippen LogP contribution in [-0.4, -0.2) is 76.2 Å². The lowest BCUT2D eigenvalue weighted by atomic mass is 10.0. The number of hydrogen-bond acceptors (Lipinski definition) is 11. The third-order valence-electron chi connectivity index (χ3n) is 11.9. The van der Waals surface area contributed by atoms with Crippen LogP contribution in [0.25, 0.3) is 0 Å². The standard InChI is InChI=1S/C29H56O3S3.C27H48O3S.CH4S/c1-5-6-7-8-9-10-11-12-13-14-15-16-17-18-19-20-22-32-28(30)21-23-35-29(31)25-27(34-4)24-26(2)33-3;1-3-5-7-8-9-10-11-12-13-14-15-16-17-18-19-21-24-30-26(28)23-25-31-27(29)22-20-6-4-2;1-2/h26-27H,5-25H2,1-4H3;4,6,20,22H,3,5,7-19,21,23-25H2,1-2H3;2H,1H3/b;6-4+,22-20+;. The van der Waals surface area contributed by atoms with Crippen molar-refractivity contribution in [2.24, 2.45) is 0 Å². The molecule has 0 saturated heterocycles. The van der Waals surface area contributed by atoms with Gasteiger partial charge in [-0.25, -0.2) is 0 Å². The first-order chi connectivity index (χ1) is 33.2. The molecule has 0 N–H and O–H groups in total. The van der Waals surface area contributed by atoms with E-state index in [4.69, 9.17) is 9.47 Å². The molecule has 0 bridgehead atoms. The average Bonchev–Trinajstić information content (AvgIpc) is 3.34. The highest BCUT2D eigenvalue weighted by molar-refractivity contribution is 8.14. The van der Waals surface area contributed by atoms with E-state index in [0.29, 0.717) is 54.5 Å². The van der Waals surface area contributed by atoms with Gasteiger partial charge >= 0.3 is 11.9 Å². The normalized spacial score (nSPS) is 12.1. The molecular formula is C57H108O6S5. The van der Waals surface area contributed by atoms with Gasteiger partial charge in [-0.05, 0) is 51.0 Å². The summed E-state index contributed by atoms with van der Waals surface area (Å²) >= 11 is 9.59. The second-order valence-electron chi connectivity index (χ2n) is 18.2. The van der Waals surface area contributed by atoms with Crippen molar-refractivity contribution in [2.75, 3.05) is 43.5 Å². The van der Waals surface area contributed by atoms with Crippen LogP contribution in [0, 0.1) is 0 Å². The average molecular weight is 1050 g/mol. The molecule has 2 atom stereocenters. The Balaban J connectivity index is -0.00000121. The number of thioether (sulfide) groups is 4. The van der Waals surface area contributed by atoms with Crippen molar-refractivity contribution in [2.45, 2.75) is 269 Å². The van der Waals surface area contributed by atoms with E-state index in [-0.39, 0.29) is 22.2 Å². The van der Waals surface area contributed by atoms with E-state index in [9.17, 15) is 19.2 Å². The van der Waals surface area contributed by atoms with Crippen LogP contribution in [0.5, 0.6) is 0 Å². The van der Waals surface area contributed by atoms with Crippen LogP contribution in [0.3, 0.4) is 0 Å². The second-order valence-corrected chi connectivity index (χ2v) is 22.8. The molecule has 0 saturated carbocycles. The first-order valence-corrected chi connectivity index (χ1v) is 33.1. The topological polar surface area (TPSA) is 86.7 Å². The second kappa shape index (κ2) is 62.6. The zero-order valence-electron chi connectivity index (χ0n) is 45.3. The molecule has 402 valence electrons. The number of hydrogen-bond donors (Lipinski definition) is 1. The number of thiol groups is 1. The summed E-state index contributed by atoms with van der Waals surface area (Å²) in [5.74, 6) is 0.662. The van der Waals surface area contributed by atoms with Crippen LogP contribution >= 0.6 is 59.7 Å². The van der Waals surface area contributed by atoms with Crippen LogP contribution in [0.2, 0.25) is 0 Å². The van der Waals surface area contributed by atoms with Gasteiger partial charge in [-0.1, -0.05) is 255 Å². The van der Waals surface area contributed by atoms with Crippen molar-refractivity contribution in [1.29, 1.82) is 0 Å². The zero-order valence-corrected chi connectivity index (χ0v) is 49.4. The summed E-state index contributed by atoms with van der Waals surface area (Å²) < 4.78 is 10.6. The van der Waals surface area contributed by atoms with Crippen molar-refractivity contribution >= 4 is 81.8 Å². The molecule has 0 fully saturated rings. The molecule has 0 aliphatic rings. The first-order valence-electron chi connectivity index (χ1n) is 27.7. The Labute approximate surface area is 444 Å². The molecule has 0 aliphatic carbocycles.